The molecule has 0 saturated carbocycles. The summed E-state index contributed by atoms with van der Waals surface area (Å²) in [6.07, 6.45) is 4.82. The summed E-state index contributed by atoms with van der Waals surface area (Å²) in [6, 6.07) is 10.9. The number of nitrogens with zero attached hydrogens (tertiary/aromatic N) is 6. The number of imidazole rings is 1. The summed E-state index contributed by atoms with van der Waals surface area (Å²) >= 11 is 0.777. The van der Waals surface area contributed by atoms with Crippen molar-refractivity contribution in [3.8, 4) is 0 Å². The Labute approximate surface area is 796 Å². The number of primary amides is 2. The number of hydrogen-bond donors (Lipinski definition) is 19. The van der Waals surface area contributed by atoms with E-state index < -0.39 is 229 Å². The van der Waals surface area contributed by atoms with Gasteiger partial charge in [-0.1, -0.05) is 131 Å². The van der Waals surface area contributed by atoms with E-state index in [-0.39, 0.29) is 89.8 Å². The van der Waals surface area contributed by atoms with E-state index in [4.69, 9.17) is 27.3 Å². The number of aliphatic hydroxyl groups is 1. The quantitative estimate of drug-likeness (QED) is 0.0149. The number of aliphatic hydroxyl groups excluding tert-OH is 1. The summed E-state index contributed by atoms with van der Waals surface area (Å²) < 4.78 is 6.22. The van der Waals surface area contributed by atoms with Crippen molar-refractivity contribution in [3.05, 3.63) is 162 Å². The number of nitrogens with two attached hydrogens (primary N) is 3. The van der Waals surface area contributed by atoms with Crippen molar-refractivity contribution in [1.82, 2.24) is 103 Å². The molecular formula is C93H126N24O19S. The Kier molecular flexibility index (Phi) is 40.4. The van der Waals surface area contributed by atoms with Gasteiger partial charge in [-0.2, -0.15) is 0 Å². The number of carbonyl (C=O) groups excluding carboxylic acids is 17. The maximum atomic E-state index is 15.8. The zero-order valence-electron chi connectivity index (χ0n) is 78.0. The van der Waals surface area contributed by atoms with Gasteiger partial charge in [0.05, 0.1) is 51.4 Å². The average molecular weight is 1920 g/mol. The lowest BCUT2D eigenvalue weighted by atomic mass is 10.0. The first-order valence-electron chi connectivity index (χ1n) is 45.3. The second-order valence-electron chi connectivity index (χ2n) is 34.5. The highest BCUT2D eigenvalue weighted by Crippen LogP contribution is 2.26. The number of H-pyrrole nitrogens is 3. The van der Waals surface area contributed by atoms with Gasteiger partial charge < -0.3 is 125 Å². The molecule has 0 spiro atoms. The monoisotopic (exact) mass is 1910 g/mol. The van der Waals surface area contributed by atoms with Gasteiger partial charge in [-0.05, 0) is 85.8 Å². The van der Waals surface area contributed by atoms with E-state index in [1.807, 2.05) is 6.92 Å². The fraction of sp³-hybridized carbons (Fsp3) is 0.473. The highest BCUT2D eigenvalue weighted by Gasteiger charge is 2.44. The minimum absolute atomic E-state index is 0.00544. The van der Waals surface area contributed by atoms with Crippen LogP contribution < -0.4 is 75.7 Å². The fourth-order valence-corrected chi connectivity index (χ4v) is 17.0. The summed E-state index contributed by atoms with van der Waals surface area (Å²) in [6.45, 7) is 3.29. The Bertz CT molecular complexity index is 5390. The average Bonchev–Trinajstić information content (AvgIpc) is 1.72. The molecule has 137 heavy (non-hydrogen) atoms. The third-order valence-electron chi connectivity index (χ3n) is 23.7. The van der Waals surface area contributed by atoms with E-state index in [1.165, 1.54) is 47.6 Å². The maximum absolute atomic E-state index is 15.8. The van der Waals surface area contributed by atoms with Crippen molar-refractivity contribution in [2.45, 2.75) is 196 Å². The van der Waals surface area contributed by atoms with Crippen molar-refractivity contribution in [3.63, 3.8) is 0 Å². The Morgan fingerprint density at radius 1 is 0.547 bits per heavy atom. The predicted octanol–water partition coefficient (Wildman–Crippen LogP) is -2.11. The first-order valence-corrected chi connectivity index (χ1v) is 46.5. The van der Waals surface area contributed by atoms with E-state index in [0.29, 0.717) is 62.6 Å². The molecular weight excluding hydrogens is 1790 g/mol. The summed E-state index contributed by atoms with van der Waals surface area (Å²) in [4.78, 5) is 268. The SMILES string of the molecule is CCCCC1C(=O)N(C)C(COCc2ccccc2)C(=O)NC(CCCNC(=N)N)C(=O)NC(C(=O)NCC(N)=O)CSCC(=O)NC(Cc2ccccc2)C(=O)N(C)C(C)C(=O)NC(CC(N)=O)C(=O)N2CCCC2C(=O)NC(Cc2cnc[nH]2)C(=O)NC(CC(C)C)C(=O)N(C)CC(=O)NC(Cc2c[nH]c3ccccc23)C(=O)NC(CO)C(=O)NC(Cc2c[nH]c3ccccc23)C(=O)N1C. The van der Waals surface area contributed by atoms with E-state index in [1.54, 1.807) is 135 Å². The van der Waals surface area contributed by atoms with Crippen molar-refractivity contribution in [2.24, 2.45) is 23.1 Å². The molecule has 13 unspecified atom stereocenters. The molecule has 2 aliphatic heterocycles. The summed E-state index contributed by atoms with van der Waals surface area (Å²) in [5.74, 6) is -17.7. The van der Waals surface area contributed by atoms with Gasteiger partial charge in [0.2, 0.25) is 100 Å². The number of nitrogens with one attached hydrogen (secondary N) is 15. The lowest BCUT2D eigenvalue weighted by Gasteiger charge is -2.36. The minimum Gasteiger partial charge on any atom is -0.394 e. The van der Waals surface area contributed by atoms with Gasteiger partial charge in [-0.25, -0.2) is 4.98 Å². The van der Waals surface area contributed by atoms with Crippen molar-refractivity contribution in [1.29, 1.82) is 5.41 Å². The number of thioether (sulfide) groups is 1. The molecule has 0 aliphatic carbocycles. The maximum Gasteiger partial charge on any atom is 0.246 e. The van der Waals surface area contributed by atoms with Crippen LogP contribution in [0.25, 0.3) is 21.8 Å². The molecule has 9 rings (SSSR count). The number of fused-ring (bicyclic) bond motifs is 3. The van der Waals surface area contributed by atoms with Crippen LogP contribution in [0.1, 0.15) is 113 Å². The molecule has 5 heterocycles. The van der Waals surface area contributed by atoms with Crippen LogP contribution in [-0.4, -0.2) is 314 Å². The number of ether oxygens (including phenoxy) is 1. The second kappa shape index (κ2) is 52.0. The van der Waals surface area contributed by atoms with Crippen LogP contribution >= 0.6 is 11.8 Å². The van der Waals surface area contributed by atoms with E-state index in [0.717, 1.165) is 36.3 Å². The third kappa shape index (κ3) is 31.1. The number of likely N-dealkylation sites (N-methyl/N-ethyl adjacent to an activating group) is 4. The lowest BCUT2D eigenvalue weighted by molar-refractivity contribution is -0.151. The summed E-state index contributed by atoms with van der Waals surface area (Å²) in [5, 5.41) is 49.4. The number of benzene rings is 4. The molecule has 13 atom stereocenters. The Morgan fingerprint density at radius 3 is 1.70 bits per heavy atom. The van der Waals surface area contributed by atoms with Gasteiger partial charge in [-0.3, -0.25) is 86.9 Å². The van der Waals surface area contributed by atoms with Gasteiger partial charge in [0.15, 0.2) is 5.96 Å². The minimum atomic E-state index is -1.88. The molecule has 2 saturated heterocycles. The van der Waals surface area contributed by atoms with E-state index in [9.17, 15) is 57.8 Å². The standard InChI is InChI=1S/C93H126N24O19S/c1-9-10-32-74-92(135)116(8)75(49-136-48-56-25-15-12-16-26-56)87(130)106-64(31-21-34-99-93(96)97)82(125)112-72(81(124)102-45-77(95)120)50-137-51-79(122)105-68(37-55-23-13-11-14-24-55)89(132)114(6)54(4)80(123)108-70(41-76(94)119)91(134)117-35-22-33-73(117)86(129)107-66(40-59-44-98-52-103-59)84(127)109-67(36-53(2)3)88(131)113(5)46-78(121)104-65(38-57-42-100-62-29-19-17-27-60(57)62)83(126)111-71(47-118)85(128)110-69(90(133)115(74)7)39-58-43-101-63-30-20-18-28-61(58)63/h11-20,23-30,42-44,52-54,64-75,100-101,118H,9-10,21-22,31-41,45-51H2,1-8H3,(H2,94,119)(H2,95,120)(H,98,103)(H,102,124)(H,104,121)(H,105,122)(H,106,130)(H,107,129)(H,108,123)(H,109,127)(H,110,128)(H,111,126)(H,112,125)(H4,96,97,99). The van der Waals surface area contributed by atoms with Crippen LogP contribution in [0.15, 0.2) is 134 Å². The summed E-state index contributed by atoms with van der Waals surface area (Å²) in [7, 11) is 5.14. The highest BCUT2D eigenvalue weighted by atomic mass is 32.2. The molecule has 738 valence electrons. The first kappa shape index (κ1) is 106. The Morgan fingerprint density at radius 2 is 1.09 bits per heavy atom. The van der Waals surface area contributed by atoms with Crippen LogP contribution in [0, 0.1) is 11.3 Å². The zero-order chi connectivity index (χ0) is 99.7. The highest BCUT2D eigenvalue weighted by molar-refractivity contribution is 8.00. The molecule has 3 aromatic heterocycles. The van der Waals surface area contributed by atoms with Crippen LogP contribution in [0.3, 0.4) is 0 Å². The molecule has 17 amide bonds. The third-order valence-corrected chi connectivity index (χ3v) is 24.7. The Balaban J connectivity index is 1.10. The normalized spacial score (nSPS) is 23.1. The van der Waals surface area contributed by atoms with Crippen molar-refractivity contribution in [2.75, 3.05) is 79.1 Å². The van der Waals surface area contributed by atoms with Gasteiger partial charge in [0, 0.05) is 119 Å². The number of hydrogen-bond acceptors (Lipinski definition) is 22. The van der Waals surface area contributed by atoms with Crippen LogP contribution in [-0.2, 0) is 119 Å². The van der Waals surface area contributed by atoms with Gasteiger partial charge in [0.1, 0.15) is 78.5 Å². The van der Waals surface area contributed by atoms with Crippen LogP contribution in [0.2, 0.25) is 0 Å². The topological polar surface area (TPSA) is 630 Å². The largest absolute Gasteiger partial charge is 0.394 e. The van der Waals surface area contributed by atoms with Gasteiger partial charge in [-0.15, -0.1) is 11.8 Å². The van der Waals surface area contributed by atoms with Gasteiger partial charge >= 0.3 is 0 Å². The molecule has 7 aromatic rings. The molecule has 2 aliphatic rings. The predicted molar refractivity (Wildman–Crippen MR) is 506 cm³/mol. The van der Waals surface area contributed by atoms with Crippen molar-refractivity contribution < 1.29 is 91.4 Å². The first-order chi connectivity index (χ1) is 65.4. The number of rotatable bonds is 27. The molecule has 2 fully saturated rings. The molecule has 0 radical (unpaired) electrons. The van der Waals surface area contributed by atoms with Crippen molar-refractivity contribution >= 4 is 140 Å². The summed E-state index contributed by atoms with van der Waals surface area (Å²) in [5.41, 5.74) is 20.7. The van der Waals surface area contributed by atoms with E-state index in [2.05, 4.69) is 78.4 Å². The number of para-hydroxylation sites is 2. The molecule has 44 heteroatoms. The fourth-order valence-electron chi connectivity index (χ4n) is 16.1. The molecule has 0 bridgehead atoms. The van der Waals surface area contributed by atoms with Gasteiger partial charge in [0.25, 0.3) is 0 Å². The molecule has 4 aromatic carbocycles. The smallest absolute Gasteiger partial charge is 0.246 e. The number of guanidine groups is 1. The number of aromatic amines is 3. The zero-order valence-corrected chi connectivity index (χ0v) is 78.8. The van der Waals surface area contributed by atoms with Crippen LogP contribution in [0.4, 0.5) is 0 Å². The Hall–Kier alpha value is -14.3. The second-order valence-corrected chi connectivity index (χ2v) is 35.5. The number of unbranched alkanes of at least 4 members (excludes halogenated alkanes) is 1. The van der Waals surface area contributed by atoms with E-state index >= 15 is 28.8 Å². The van der Waals surface area contributed by atoms with Crippen LogP contribution in [0.5, 0.6) is 0 Å². The molecule has 43 nitrogen and oxygen atoms in total. The lowest BCUT2D eigenvalue weighted by Crippen LogP contribution is -2.62. The number of carbonyl (C=O) groups is 17. The molecule has 22 N–H and O–H groups in total. The number of aromatic nitrogens is 4. The number of amides is 17.